The number of carbonyl (C=O) groups excluding carboxylic acids is 1. The molecule has 1 N–H and O–H groups in total. The molecule has 1 fully saturated rings. The summed E-state index contributed by atoms with van der Waals surface area (Å²) < 4.78 is 14.9. The third-order valence-electron chi connectivity index (χ3n) is 5.65. The summed E-state index contributed by atoms with van der Waals surface area (Å²) in [5.74, 6) is 1.19. The molecule has 8 nitrogen and oxygen atoms in total. The summed E-state index contributed by atoms with van der Waals surface area (Å²) in [5, 5.41) is 7.61. The van der Waals surface area contributed by atoms with Crippen molar-refractivity contribution in [1.82, 2.24) is 19.7 Å². The summed E-state index contributed by atoms with van der Waals surface area (Å²) in [7, 11) is 1.78. The van der Waals surface area contributed by atoms with E-state index in [-0.39, 0.29) is 17.8 Å². The topological polar surface area (TPSA) is 79.2 Å². The van der Waals surface area contributed by atoms with Gasteiger partial charge in [0.1, 0.15) is 17.5 Å². The Labute approximate surface area is 173 Å². The number of hydrogen-bond acceptors (Lipinski definition) is 6. The molecule has 3 aromatic rings. The van der Waals surface area contributed by atoms with E-state index in [4.69, 9.17) is 0 Å². The van der Waals surface area contributed by atoms with Gasteiger partial charge in [-0.3, -0.25) is 9.48 Å². The molecule has 2 aromatic heterocycles. The highest BCUT2D eigenvalue weighted by Gasteiger charge is 2.40. The van der Waals surface area contributed by atoms with Gasteiger partial charge in [0.25, 0.3) is 0 Å². The molecular weight excluding hydrogens is 385 g/mol. The maximum atomic E-state index is 13.0. The predicted octanol–water partition coefficient (Wildman–Crippen LogP) is 2.42. The van der Waals surface area contributed by atoms with Gasteiger partial charge in [-0.1, -0.05) is 12.1 Å². The molecule has 9 heteroatoms. The van der Waals surface area contributed by atoms with Gasteiger partial charge in [-0.2, -0.15) is 10.1 Å². The van der Waals surface area contributed by atoms with Crippen LogP contribution in [0.15, 0.2) is 42.9 Å². The number of hydrogen-bond donors (Lipinski definition) is 1. The Kier molecular flexibility index (Phi) is 4.57. The van der Waals surface area contributed by atoms with E-state index < -0.39 is 0 Å². The summed E-state index contributed by atoms with van der Waals surface area (Å²) >= 11 is 0. The fourth-order valence-electron chi connectivity index (χ4n) is 4.06. The first-order valence-corrected chi connectivity index (χ1v) is 9.99. The van der Waals surface area contributed by atoms with E-state index in [9.17, 15) is 9.18 Å². The number of nitrogens with one attached hydrogen (secondary N) is 1. The minimum Gasteiger partial charge on any atom is -0.350 e. The maximum absolute atomic E-state index is 13.0. The van der Waals surface area contributed by atoms with E-state index in [2.05, 4.69) is 25.3 Å². The number of anilines is 3. The van der Waals surface area contributed by atoms with Crippen molar-refractivity contribution in [2.24, 2.45) is 0 Å². The summed E-state index contributed by atoms with van der Waals surface area (Å²) in [6.45, 7) is 1.94. The van der Waals surface area contributed by atoms with Gasteiger partial charge in [0.05, 0.1) is 18.9 Å². The van der Waals surface area contributed by atoms with Crippen molar-refractivity contribution in [3.05, 3.63) is 59.8 Å². The van der Waals surface area contributed by atoms with E-state index >= 15 is 0 Å². The molecule has 2 aliphatic rings. The number of rotatable bonds is 5. The summed E-state index contributed by atoms with van der Waals surface area (Å²) in [6.07, 6.45) is 7.29. The second-order valence-electron chi connectivity index (χ2n) is 7.68. The van der Waals surface area contributed by atoms with Crippen LogP contribution >= 0.6 is 0 Å². The summed E-state index contributed by atoms with van der Waals surface area (Å²) in [4.78, 5) is 25.3. The molecule has 2 aliphatic heterocycles. The molecular formula is C21H22FN7O. The molecule has 0 aliphatic carbocycles. The maximum Gasteiger partial charge on any atom is 0.249 e. The van der Waals surface area contributed by atoms with Gasteiger partial charge in [-0.05, 0) is 30.5 Å². The number of aromatic nitrogens is 4. The highest BCUT2D eigenvalue weighted by Crippen LogP contribution is 2.37. The van der Waals surface area contributed by atoms with E-state index in [0.717, 1.165) is 42.0 Å². The lowest BCUT2D eigenvalue weighted by Crippen LogP contribution is -2.49. The predicted molar refractivity (Wildman–Crippen MR) is 111 cm³/mol. The molecule has 0 bridgehead atoms. The van der Waals surface area contributed by atoms with Crippen molar-refractivity contribution in [2.45, 2.75) is 32.0 Å². The number of carbonyl (C=O) groups is 1. The number of halogens is 1. The SMILES string of the molecule is CN1C(=O)C2CCCN2c2nc(NCc3cnn(Cc4ccc(F)cc4)c3)ncc21. The Bertz CT molecular complexity index is 1080. The zero-order valence-corrected chi connectivity index (χ0v) is 16.6. The molecule has 0 radical (unpaired) electrons. The quantitative estimate of drug-likeness (QED) is 0.700. The van der Waals surface area contributed by atoms with E-state index in [1.54, 1.807) is 36.5 Å². The number of fused-ring (bicyclic) bond motifs is 3. The van der Waals surface area contributed by atoms with E-state index in [0.29, 0.717) is 19.0 Å². The molecule has 1 unspecified atom stereocenters. The first-order chi connectivity index (χ1) is 14.6. The van der Waals surface area contributed by atoms with Crippen molar-refractivity contribution in [3.63, 3.8) is 0 Å². The van der Waals surface area contributed by atoms with Crippen LogP contribution in [0.5, 0.6) is 0 Å². The van der Waals surface area contributed by atoms with Gasteiger partial charge in [0.2, 0.25) is 11.9 Å². The van der Waals surface area contributed by atoms with Gasteiger partial charge in [-0.25, -0.2) is 9.37 Å². The monoisotopic (exact) mass is 407 g/mol. The molecule has 1 aromatic carbocycles. The van der Waals surface area contributed by atoms with Crippen molar-refractivity contribution in [3.8, 4) is 0 Å². The van der Waals surface area contributed by atoms with E-state index in [1.807, 2.05) is 10.9 Å². The van der Waals surface area contributed by atoms with Gasteiger partial charge < -0.3 is 15.1 Å². The van der Waals surface area contributed by atoms with Gasteiger partial charge in [0.15, 0.2) is 5.82 Å². The highest BCUT2D eigenvalue weighted by atomic mass is 19.1. The molecule has 1 saturated heterocycles. The van der Waals surface area contributed by atoms with Crippen LogP contribution in [0.25, 0.3) is 0 Å². The molecule has 0 saturated carbocycles. The average molecular weight is 407 g/mol. The van der Waals surface area contributed by atoms with Gasteiger partial charge in [0, 0.05) is 31.9 Å². The molecule has 5 rings (SSSR count). The van der Waals surface area contributed by atoms with Crippen molar-refractivity contribution in [1.29, 1.82) is 0 Å². The largest absolute Gasteiger partial charge is 0.350 e. The van der Waals surface area contributed by atoms with Crippen LogP contribution in [0.1, 0.15) is 24.0 Å². The smallest absolute Gasteiger partial charge is 0.249 e. The Balaban J connectivity index is 1.27. The van der Waals surface area contributed by atoms with Gasteiger partial charge >= 0.3 is 0 Å². The van der Waals surface area contributed by atoms with Crippen LogP contribution in [0, 0.1) is 5.82 Å². The van der Waals surface area contributed by atoms with Crippen LogP contribution in [0.3, 0.4) is 0 Å². The first kappa shape index (κ1) is 18.5. The summed E-state index contributed by atoms with van der Waals surface area (Å²) in [6, 6.07) is 6.29. The number of nitrogens with zero attached hydrogens (tertiary/aromatic N) is 6. The standard InChI is InChI=1S/C21H22FN7O/c1-27-18-11-24-21(26-19(18)29-8-2-3-17(29)20(27)30)23-9-15-10-25-28(13-15)12-14-4-6-16(22)7-5-14/h4-7,10-11,13,17H,2-3,8-9,12H2,1H3,(H,23,24,26). The lowest BCUT2D eigenvalue weighted by atomic mass is 10.1. The Morgan fingerprint density at radius 2 is 2.03 bits per heavy atom. The lowest BCUT2D eigenvalue weighted by molar-refractivity contribution is -0.119. The van der Waals surface area contributed by atoms with Crippen LogP contribution in [-0.4, -0.2) is 45.3 Å². The number of benzene rings is 1. The first-order valence-electron chi connectivity index (χ1n) is 9.99. The minimum absolute atomic E-state index is 0.109. The van der Waals surface area contributed by atoms with Crippen molar-refractivity contribution < 1.29 is 9.18 Å². The molecule has 1 atom stereocenters. The highest BCUT2D eigenvalue weighted by molar-refractivity contribution is 6.04. The third kappa shape index (κ3) is 3.36. The van der Waals surface area contributed by atoms with E-state index in [1.165, 1.54) is 12.1 Å². The lowest BCUT2D eigenvalue weighted by Gasteiger charge is -2.36. The average Bonchev–Trinajstić information content (AvgIpc) is 3.42. The third-order valence-corrected chi connectivity index (χ3v) is 5.65. The minimum atomic E-state index is -0.245. The molecule has 4 heterocycles. The second-order valence-corrected chi connectivity index (χ2v) is 7.68. The van der Waals surface area contributed by atoms with Crippen LogP contribution in [0.4, 0.5) is 21.8 Å². The number of likely N-dealkylation sites (N-methyl/N-ethyl adjacent to an activating group) is 1. The summed E-state index contributed by atoms with van der Waals surface area (Å²) in [5.41, 5.74) is 2.72. The van der Waals surface area contributed by atoms with Crippen molar-refractivity contribution in [2.75, 3.05) is 28.7 Å². The van der Waals surface area contributed by atoms with Crippen molar-refractivity contribution >= 4 is 23.4 Å². The zero-order chi connectivity index (χ0) is 20.7. The Hall–Kier alpha value is -3.49. The fourth-order valence-corrected chi connectivity index (χ4v) is 4.06. The fraction of sp³-hybridized carbons (Fsp3) is 0.333. The molecule has 154 valence electrons. The molecule has 1 amide bonds. The Morgan fingerprint density at radius 3 is 2.87 bits per heavy atom. The van der Waals surface area contributed by atoms with Crippen LogP contribution in [-0.2, 0) is 17.9 Å². The normalized spacial score (nSPS) is 17.8. The second kappa shape index (κ2) is 7.40. The Morgan fingerprint density at radius 1 is 1.20 bits per heavy atom. The van der Waals surface area contributed by atoms with Gasteiger partial charge in [-0.15, -0.1) is 0 Å². The number of amides is 1. The van der Waals surface area contributed by atoms with Crippen LogP contribution in [0.2, 0.25) is 0 Å². The molecule has 30 heavy (non-hydrogen) atoms. The molecule has 0 spiro atoms. The zero-order valence-electron chi connectivity index (χ0n) is 16.6. The van der Waals surface area contributed by atoms with Crippen LogP contribution < -0.4 is 15.1 Å².